The molecule has 0 radical (unpaired) electrons. The average Bonchev–Trinajstić information content (AvgIpc) is 3.18. The minimum Gasteiger partial charge on any atom is -0.493 e. The van der Waals surface area contributed by atoms with Gasteiger partial charge in [-0.15, -0.1) is 0 Å². The standard InChI is InChI=1S/C22H22BrN3O3/c1-28-19-13-17(23)11-16-12-20(29-21(16)19)22(27)25-24-14-15-5-7-18(8-6-15)26-9-3-2-4-10-26/h5-8,11-14H,2-4,9-10H2,1H3,(H,25,27)/b24-14-. The Labute approximate surface area is 177 Å². The number of rotatable bonds is 5. The van der Waals surface area contributed by atoms with E-state index in [1.807, 2.05) is 18.2 Å². The number of hydrazone groups is 1. The Morgan fingerprint density at radius 2 is 1.93 bits per heavy atom. The molecule has 0 saturated carbocycles. The third-order valence-electron chi connectivity index (χ3n) is 4.98. The zero-order valence-electron chi connectivity index (χ0n) is 16.2. The number of piperidine rings is 1. The van der Waals surface area contributed by atoms with Crippen LogP contribution in [0.2, 0.25) is 0 Å². The van der Waals surface area contributed by atoms with Gasteiger partial charge in [0.2, 0.25) is 0 Å². The fourth-order valence-electron chi connectivity index (χ4n) is 3.49. The second kappa shape index (κ2) is 8.69. The summed E-state index contributed by atoms with van der Waals surface area (Å²) in [6, 6.07) is 13.5. The highest BCUT2D eigenvalue weighted by molar-refractivity contribution is 9.10. The summed E-state index contributed by atoms with van der Waals surface area (Å²) < 4.78 is 11.8. The van der Waals surface area contributed by atoms with Gasteiger partial charge >= 0.3 is 5.91 Å². The van der Waals surface area contributed by atoms with Crippen LogP contribution in [0, 0.1) is 0 Å². The van der Waals surface area contributed by atoms with Crippen molar-refractivity contribution in [2.45, 2.75) is 19.3 Å². The van der Waals surface area contributed by atoms with Gasteiger partial charge in [-0.25, -0.2) is 5.43 Å². The van der Waals surface area contributed by atoms with Crippen molar-refractivity contribution in [2.24, 2.45) is 5.10 Å². The number of amides is 1. The van der Waals surface area contributed by atoms with Gasteiger partial charge in [0.1, 0.15) is 0 Å². The van der Waals surface area contributed by atoms with Gasteiger partial charge in [0.25, 0.3) is 0 Å². The highest BCUT2D eigenvalue weighted by Crippen LogP contribution is 2.32. The van der Waals surface area contributed by atoms with E-state index in [9.17, 15) is 4.79 Å². The molecule has 0 spiro atoms. The van der Waals surface area contributed by atoms with Crippen molar-refractivity contribution in [3.63, 3.8) is 0 Å². The maximum atomic E-state index is 12.4. The molecule has 0 unspecified atom stereocenters. The van der Waals surface area contributed by atoms with Gasteiger partial charge in [0, 0.05) is 28.6 Å². The molecule has 6 nitrogen and oxygen atoms in total. The average molecular weight is 456 g/mol. The van der Waals surface area contributed by atoms with Crippen LogP contribution in [0.1, 0.15) is 35.4 Å². The molecule has 1 fully saturated rings. The predicted molar refractivity (Wildman–Crippen MR) is 118 cm³/mol. The molecular weight excluding hydrogens is 434 g/mol. The Morgan fingerprint density at radius 1 is 1.17 bits per heavy atom. The maximum absolute atomic E-state index is 12.4. The number of carbonyl (C=O) groups excluding carboxylic acids is 1. The molecule has 1 saturated heterocycles. The van der Waals surface area contributed by atoms with Crippen LogP contribution in [0.3, 0.4) is 0 Å². The molecule has 1 aliphatic rings. The highest BCUT2D eigenvalue weighted by atomic mass is 79.9. The van der Waals surface area contributed by atoms with Crippen LogP contribution in [0.4, 0.5) is 5.69 Å². The lowest BCUT2D eigenvalue weighted by molar-refractivity contribution is 0.0929. The van der Waals surface area contributed by atoms with Crippen LogP contribution in [0.25, 0.3) is 11.0 Å². The fraction of sp³-hybridized carbons (Fsp3) is 0.273. The number of fused-ring (bicyclic) bond motifs is 1. The van der Waals surface area contributed by atoms with Crippen molar-refractivity contribution in [2.75, 3.05) is 25.1 Å². The molecule has 1 amide bonds. The molecule has 2 heterocycles. The van der Waals surface area contributed by atoms with Crippen LogP contribution in [-0.2, 0) is 0 Å². The highest BCUT2D eigenvalue weighted by Gasteiger charge is 2.15. The van der Waals surface area contributed by atoms with Crippen LogP contribution >= 0.6 is 15.9 Å². The fourth-order valence-corrected chi connectivity index (χ4v) is 3.95. The first kappa shape index (κ1) is 19.5. The first-order valence-electron chi connectivity index (χ1n) is 9.59. The second-order valence-corrected chi connectivity index (χ2v) is 7.89. The SMILES string of the molecule is COc1cc(Br)cc2cc(C(=O)N/N=C\c3ccc(N4CCCCC4)cc3)oc12. The lowest BCUT2D eigenvalue weighted by Gasteiger charge is -2.28. The van der Waals surface area contributed by atoms with E-state index in [2.05, 4.69) is 43.5 Å². The van der Waals surface area contributed by atoms with E-state index in [1.165, 1.54) is 24.9 Å². The van der Waals surface area contributed by atoms with Gasteiger partial charge in [-0.2, -0.15) is 5.10 Å². The number of furan rings is 1. The summed E-state index contributed by atoms with van der Waals surface area (Å²) in [7, 11) is 1.56. The lowest BCUT2D eigenvalue weighted by atomic mass is 10.1. The molecule has 4 rings (SSSR count). The Kier molecular flexibility index (Phi) is 5.85. The normalized spacial score (nSPS) is 14.5. The molecule has 1 N–H and O–H groups in total. The summed E-state index contributed by atoms with van der Waals surface area (Å²) in [4.78, 5) is 14.8. The van der Waals surface area contributed by atoms with E-state index in [-0.39, 0.29) is 5.76 Å². The number of methoxy groups -OCH3 is 1. The van der Waals surface area contributed by atoms with Gasteiger partial charge in [-0.1, -0.05) is 28.1 Å². The topological polar surface area (TPSA) is 67.1 Å². The molecule has 2 aromatic carbocycles. The summed E-state index contributed by atoms with van der Waals surface area (Å²) in [6.07, 6.45) is 5.44. The first-order valence-corrected chi connectivity index (χ1v) is 10.4. The molecular formula is C22H22BrN3O3. The van der Waals surface area contributed by atoms with Crippen LogP contribution in [-0.4, -0.2) is 32.3 Å². The number of benzene rings is 2. The molecule has 0 atom stereocenters. The number of nitrogens with one attached hydrogen (secondary N) is 1. The number of anilines is 1. The monoisotopic (exact) mass is 455 g/mol. The van der Waals surface area contributed by atoms with Crippen LogP contribution < -0.4 is 15.1 Å². The molecule has 3 aromatic rings. The van der Waals surface area contributed by atoms with E-state index in [0.717, 1.165) is 28.5 Å². The maximum Gasteiger partial charge on any atom is 0.307 e. The number of carbonyl (C=O) groups is 1. The Bertz CT molecular complexity index is 1040. The van der Waals surface area contributed by atoms with E-state index in [4.69, 9.17) is 9.15 Å². The zero-order chi connectivity index (χ0) is 20.2. The van der Waals surface area contributed by atoms with Gasteiger partial charge in [0.15, 0.2) is 17.1 Å². The lowest BCUT2D eigenvalue weighted by Crippen LogP contribution is -2.29. The largest absolute Gasteiger partial charge is 0.493 e. The van der Waals surface area contributed by atoms with E-state index in [0.29, 0.717) is 11.3 Å². The Morgan fingerprint density at radius 3 is 2.66 bits per heavy atom. The molecule has 29 heavy (non-hydrogen) atoms. The van der Waals surface area contributed by atoms with Crippen molar-refractivity contribution in [3.8, 4) is 5.75 Å². The smallest absolute Gasteiger partial charge is 0.307 e. The number of nitrogens with zero attached hydrogens (tertiary/aromatic N) is 2. The zero-order valence-corrected chi connectivity index (χ0v) is 17.7. The number of halogens is 1. The molecule has 150 valence electrons. The quantitative estimate of drug-likeness (QED) is 0.436. The van der Waals surface area contributed by atoms with E-state index in [1.54, 1.807) is 25.5 Å². The molecule has 0 bridgehead atoms. The molecule has 1 aliphatic heterocycles. The number of hydrogen-bond acceptors (Lipinski definition) is 5. The minimum atomic E-state index is -0.416. The van der Waals surface area contributed by atoms with E-state index < -0.39 is 5.91 Å². The summed E-state index contributed by atoms with van der Waals surface area (Å²) in [5.41, 5.74) is 5.19. The summed E-state index contributed by atoms with van der Waals surface area (Å²) in [6.45, 7) is 2.23. The third kappa shape index (κ3) is 4.45. The van der Waals surface area contributed by atoms with Crippen molar-refractivity contribution in [1.82, 2.24) is 5.43 Å². The second-order valence-electron chi connectivity index (χ2n) is 6.98. The summed E-state index contributed by atoms with van der Waals surface area (Å²) in [5.74, 6) is 0.320. The van der Waals surface area contributed by atoms with Crippen molar-refractivity contribution < 1.29 is 13.9 Å². The third-order valence-corrected chi connectivity index (χ3v) is 5.44. The van der Waals surface area contributed by atoms with Crippen molar-refractivity contribution >= 4 is 44.7 Å². The number of hydrogen-bond donors (Lipinski definition) is 1. The van der Waals surface area contributed by atoms with Gasteiger partial charge in [-0.3, -0.25) is 4.79 Å². The summed E-state index contributed by atoms with van der Waals surface area (Å²) >= 11 is 3.42. The van der Waals surface area contributed by atoms with Gasteiger partial charge < -0.3 is 14.1 Å². The Balaban J connectivity index is 1.41. The molecule has 0 aliphatic carbocycles. The Hall–Kier alpha value is -2.80. The molecule has 1 aromatic heterocycles. The van der Waals surface area contributed by atoms with Crippen LogP contribution in [0.15, 0.2) is 56.5 Å². The van der Waals surface area contributed by atoms with Crippen molar-refractivity contribution in [1.29, 1.82) is 0 Å². The van der Waals surface area contributed by atoms with Gasteiger partial charge in [0.05, 0.1) is 13.3 Å². The summed E-state index contributed by atoms with van der Waals surface area (Å²) in [5, 5.41) is 4.83. The van der Waals surface area contributed by atoms with E-state index >= 15 is 0 Å². The first-order chi connectivity index (χ1) is 14.1. The van der Waals surface area contributed by atoms with Crippen LogP contribution in [0.5, 0.6) is 5.75 Å². The predicted octanol–water partition coefficient (Wildman–Crippen LogP) is 4.96. The number of ether oxygens (including phenoxy) is 1. The van der Waals surface area contributed by atoms with Gasteiger partial charge in [-0.05, 0) is 55.2 Å². The molecule has 7 heteroatoms. The minimum absolute atomic E-state index is 0.175. The van der Waals surface area contributed by atoms with Crippen molar-refractivity contribution in [3.05, 3.63) is 58.3 Å².